The van der Waals surface area contributed by atoms with Gasteiger partial charge in [-0.2, -0.15) is 0 Å². The Morgan fingerprint density at radius 3 is 2.54 bits per heavy atom. The zero-order valence-electron chi connectivity index (χ0n) is 7.32. The summed E-state index contributed by atoms with van der Waals surface area (Å²) in [4.78, 5) is 11.8. The third-order valence-electron chi connectivity index (χ3n) is 1.64. The van der Waals surface area contributed by atoms with Crippen molar-refractivity contribution < 1.29 is 4.92 Å². The van der Waals surface area contributed by atoms with Gasteiger partial charge in [-0.3, -0.25) is 10.1 Å². The van der Waals surface area contributed by atoms with Crippen molar-refractivity contribution in [2.24, 2.45) is 0 Å². The monoisotopic (exact) mass is 200 g/mol. The highest BCUT2D eigenvalue weighted by Crippen LogP contribution is 2.28. The molecule has 0 aromatic heterocycles. The Hall–Kier alpha value is -1.29. The third-order valence-corrected chi connectivity index (χ3v) is 1.96. The van der Waals surface area contributed by atoms with Crippen LogP contribution in [-0.2, 0) is 0 Å². The molecule has 0 heterocycles. The molecule has 0 N–H and O–H groups in total. The van der Waals surface area contributed by atoms with Crippen LogP contribution in [0.4, 0.5) is 11.4 Å². The lowest BCUT2D eigenvalue weighted by atomic mass is 10.2. The molecule has 0 aliphatic heterocycles. The molecular weight excluding hydrogens is 192 g/mol. The maximum absolute atomic E-state index is 10.5. The van der Waals surface area contributed by atoms with Gasteiger partial charge >= 0.3 is 0 Å². The molecule has 0 radical (unpaired) electrons. The molecule has 13 heavy (non-hydrogen) atoms. The molecule has 1 aromatic carbocycles. The zero-order chi connectivity index (χ0) is 10.0. The van der Waals surface area contributed by atoms with Gasteiger partial charge in [0.1, 0.15) is 5.02 Å². The number of nitro benzene ring substituents is 1. The summed E-state index contributed by atoms with van der Waals surface area (Å²) in [6.07, 6.45) is 0. The van der Waals surface area contributed by atoms with E-state index in [1.165, 1.54) is 12.1 Å². The molecule has 0 unspecified atom stereocenters. The van der Waals surface area contributed by atoms with Gasteiger partial charge in [-0.25, -0.2) is 0 Å². The fourth-order valence-corrected chi connectivity index (χ4v) is 1.11. The molecule has 0 fully saturated rings. The molecule has 0 amide bonds. The van der Waals surface area contributed by atoms with Crippen LogP contribution in [0.2, 0.25) is 5.02 Å². The second-order valence-electron chi connectivity index (χ2n) is 2.79. The summed E-state index contributed by atoms with van der Waals surface area (Å²) in [7, 11) is 3.62. The summed E-state index contributed by atoms with van der Waals surface area (Å²) in [5.41, 5.74) is 0.698. The molecule has 0 bridgehead atoms. The summed E-state index contributed by atoms with van der Waals surface area (Å²) in [5, 5.41) is 10.7. The van der Waals surface area contributed by atoms with Gasteiger partial charge in [-0.05, 0) is 12.1 Å². The van der Waals surface area contributed by atoms with Crippen molar-refractivity contribution in [2.45, 2.75) is 0 Å². The van der Waals surface area contributed by atoms with Crippen molar-refractivity contribution in [1.82, 2.24) is 0 Å². The predicted octanol–water partition coefficient (Wildman–Crippen LogP) is 2.31. The van der Waals surface area contributed by atoms with Crippen molar-refractivity contribution in [3.05, 3.63) is 33.3 Å². The minimum atomic E-state index is -0.491. The minimum Gasteiger partial charge on any atom is -0.377 e. The van der Waals surface area contributed by atoms with Gasteiger partial charge in [-0.1, -0.05) is 11.6 Å². The Bertz CT molecular complexity index is 339. The predicted molar refractivity (Wildman–Crippen MR) is 52.4 cm³/mol. The summed E-state index contributed by atoms with van der Waals surface area (Å²) >= 11 is 5.64. The fourth-order valence-electron chi connectivity index (χ4n) is 0.919. The van der Waals surface area contributed by atoms with Crippen molar-refractivity contribution >= 4 is 23.0 Å². The smallest absolute Gasteiger partial charge is 0.289 e. The lowest BCUT2D eigenvalue weighted by Gasteiger charge is -2.11. The Labute approximate surface area is 80.9 Å². The summed E-state index contributed by atoms with van der Waals surface area (Å²) in [6.45, 7) is 0. The first-order chi connectivity index (χ1) is 6.02. The number of rotatable bonds is 2. The van der Waals surface area contributed by atoms with Crippen LogP contribution in [0.25, 0.3) is 0 Å². The topological polar surface area (TPSA) is 46.4 Å². The Balaban J connectivity index is 3.19. The quantitative estimate of drug-likeness (QED) is 0.544. The van der Waals surface area contributed by atoms with Gasteiger partial charge in [0.2, 0.25) is 0 Å². The molecule has 0 aliphatic rings. The van der Waals surface area contributed by atoms with Crippen LogP contribution in [0, 0.1) is 10.1 Å². The van der Waals surface area contributed by atoms with Crippen molar-refractivity contribution in [3.8, 4) is 0 Å². The molecule has 5 heteroatoms. The SMILES string of the molecule is CN(C)c1ccc(Cl)c([N+](=O)[O-])c1. The van der Waals surface area contributed by atoms with E-state index in [9.17, 15) is 10.1 Å². The molecule has 0 saturated heterocycles. The van der Waals surface area contributed by atoms with E-state index in [0.717, 1.165) is 5.69 Å². The molecule has 70 valence electrons. The van der Waals surface area contributed by atoms with Crippen LogP contribution in [0.5, 0.6) is 0 Å². The zero-order valence-corrected chi connectivity index (χ0v) is 8.08. The molecule has 1 rings (SSSR count). The van der Waals surface area contributed by atoms with Gasteiger partial charge in [0.15, 0.2) is 0 Å². The van der Waals surface area contributed by atoms with Crippen molar-refractivity contribution in [2.75, 3.05) is 19.0 Å². The van der Waals surface area contributed by atoms with Crippen LogP contribution in [0.3, 0.4) is 0 Å². The number of nitro groups is 1. The van der Waals surface area contributed by atoms with E-state index >= 15 is 0 Å². The highest BCUT2D eigenvalue weighted by atomic mass is 35.5. The molecule has 0 aliphatic carbocycles. The van der Waals surface area contributed by atoms with E-state index in [4.69, 9.17) is 11.6 Å². The van der Waals surface area contributed by atoms with Crippen LogP contribution in [0.1, 0.15) is 0 Å². The first kappa shape index (κ1) is 9.80. The largest absolute Gasteiger partial charge is 0.377 e. The first-order valence-electron chi connectivity index (χ1n) is 3.63. The second kappa shape index (κ2) is 3.62. The Morgan fingerprint density at radius 2 is 2.08 bits per heavy atom. The molecule has 4 nitrogen and oxygen atoms in total. The van der Waals surface area contributed by atoms with Crippen LogP contribution >= 0.6 is 11.6 Å². The van der Waals surface area contributed by atoms with Crippen molar-refractivity contribution in [1.29, 1.82) is 0 Å². The number of nitrogens with zero attached hydrogens (tertiary/aromatic N) is 2. The van der Waals surface area contributed by atoms with Crippen LogP contribution in [0.15, 0.2) is 18.2 Å². The maximum Gasteiger partial charge on any atom is 0.289 e. The standard InChI is InChI=1S/C8H9ClN2O2/c1-10(2)6-3-4-7(9)8(5-6)11(12)13/h3-5H,1-2H3. The van der Waals surface area contributed by atoms with E-state index < -0.39 is 4.92 Å². The van der Waals surface area contributed by atoms with Gasteiger partial charge in [0.25, 0.3) is 5.69 Å². The fraction of sp³-hybridized carbons (Fsp3) is 0.250. The number of hydrogen-bond donors (Lipinski definition) is 0. The van der Waals surface area contributed by atoms with Crippen LogP contribution in [-0.4, -0.2) is 19.0 Å². The molecule has 0 saturated carbocycles. The maximum atomic E-state index is 10.5. The Kier molecular flexibility index (Phi) is 2.72. The number of hydrogen-bond acceptors (Lipinski definition) is 3. The lowest BCUT2D eigenvalue weighted by molar-refractivity contribution is -0.384. The molecular formula is C8H9ClN2O2. The average Bonchev–Trinajstić information content (AvgIpc) is 2.04. The van der Waals surface area contributed by atoms with Gasteiger partial charge in [0.05, 0.1) is 4.92 Å². The number of anilines is 1. The van der Waals surface area contributed by atoms with Crippen molar-refractivity contribution in [3.63, 3.8) is 0 Å². The Morgan fingerprint density at radius 1 is 1.46 bits per heavy atom. The minimum absolute atomic E-state index is 0.0622. The third kappa shape index (κ3) is 2.09. The molecule has 1 aromatic rings. The summed E-state index contributed by atoms with van der Waals surface area (Å²) in [5.74, 6) is 0. The molecule has 0 spiro atoms. The normalized spacial score (nSPS) is 9.77. The first-order valence-corrected chi connectivity index (χ1v) is 4.01. The number of halogens is 1. The van der Waals surface area contributed by atoms with E-state index in [0.29, 0.717) is 0 Å². The van der Waals surface area contributed by atoms with Gasteiger partial charge in [0, 0.05) is 25.8 Å². The second-order valence-corrected chi connectivity index (χ2v) is 3.19. The summed E-state index contributed by atoms with van der Waals surface area (Å²) < 4.78 is 0. The van der Waals surface area contributed by atoms with Crippen LogP contribution < -0.4 is 4.90 Å². The lowest BCUT2D eigenvalue weighted by Crippen LogP contribution is -2.08. The highest BCUT2D eigenvalue weighted by Gasteiger charge is 2.12. The van der Waals surface area contributed by atoms with E-state index in [2.05, 4.69) is 0 Å². The molecule has 0 atom stereocenters. The number of benzene rings is 1. The highest BCUT2D eigenvalue weighted by molar-refractivity contribution is 6.32. The van der Waals surface area contributed by atoms with E-state index in [-0.39, 0.29) is 10.7 Å². The van der Waals surface area contributed by atoms with E-state index in [1.807, 2.05) is 14.1 Å². The summed E-state index contributed by atoms with van der Waals surface area (Å²) in [6, 6.07) is 4.70. The average molecular weight is 201 g/mol. The van der Waals surface area contributed by atoms with E-state index in [1.54, 1.807) is 11.0 Å². The van der Waals surface area contributed by atoms with Gasteiger partial charge in [-0.15, -0.1) is 0 Å². The van der Waals surface area contributed by atoms with Gasteiger partial charge < -0.3 is 4.90 Å².